The summed E-state index contributed by atoms with van der Waals surface area (Å²) < 4.78 is 0.221. The second-order valence-electron chi connectivity index (χ2n) is 2.52. The number of amidine groups is 1. The Morgan fingerprint density at radius 3 is 2.67 bits per heavy atom. The van der Waals surface area contributed by atoms with E-state index in [1.807, 2.05) is 19.2 Å². The molecule has 0 aliphatic heterocycles. The molecular formula is C9H11Cl2N3S. The summed E-state index contributed by atoms with van der Waals surface area (Å²) in [5, 5.41) is 11.5. The molecule has 0 unspecified atom stereocenters. The Hall–Kier alpha value is -0.630. The molecular weight excluding hydrogens is 253 g/mol. The molecule has 0 bridgehead atoms. The van der Waals surface area contributed by atoms with Crippen molar-refractivity contribution in [2.75, 3.05) is 12.8 Å². The molecule has 0 aromatic carbocycles. The highest BCUT2D eigenvalue weighted by Gasteiger charge is 1.97. The Labute approximate surface area is 104 Å². The average molecular weight is 264 g/mol. The zero-order valence-corrected chi connectivity index (χ0v) is 10.7. The standard InChI is InChI=1S/C9H11Cl2N3S/c1-7(3-4-8(10)11)5-15-9(13-2)14-6-12/h3-4H,5H2,1-2H3,(H,13,14). The summed E-state index contributed by atoms with van der Waals surface area (Å²) in [7, 11) is 1.63. The lowest BCUT2D eigenvalue weighted by atomic mass is 10.3. The SMILES string of the molecule is CN=C(NC#N)SCC(C)=CC=C(Cl)Cl. The van der Waals surface area contributed by atoms with E-state index in [9.17, 15) is 0 Å². The van der Waals surface area contributed by atoms with Crippen molar-refractivity contribution in [1.29, 1.82) is 5.26 Å². The molecule has 0 aromatic rings. The minimum atomic E-state index is 0.221. The van der Waals surface area contributed by atoms with E-state index in [1.54, 1.807) is 13.1 Å². The largest absolute Gasteiger partial charge is 0.272 e. The summed E-state index contributed by atoms with van der Waals surface area (Å²) >= 11 is 12.4. The third kappa shape index (κ3) is 8.37. The predicted molar refractivity (Wildman–Crippen MR) is 68.1 cm³/mol. The van der Waals surface area contributed by atoms with Gasteiger partial charge < -0.3 is 0 Å². The number of thioether (sulfide) groups is 1. The second-order valence-corrected chi connectivity index (χ2v) is 4.50. The summed E-state index contributed by atoms with van der Waals surface area (Å²) in [6, 6.07) is 0. The van der Waals surface area contributed by atoms with Crippen LogP contribution in [0.25, 0.3) is 0 Å². The summed E-state index contributed by atoms with van der Waals surface area (Å²) in [6.45, 7) is 1.94. The normalized spacial score (nSPS) is 11.9. The van der Waals surface area contributed by atoms with Crippen molar-refractivity contribution in [3.8, 4) is 6.19 Å². The number of hydrogen-bond donors (Lipinski definition) is 1. The average Bonchev–Trinajstić information content (AvgIpc) is 2.21. The number of hydrogen-bond acceptors (Lipinski definition) is 3. The Kier molecular flexibility index (Phi) is 8.30. The highest BCUT2D eigenvalue weighted by Crippen LogP contribution is 2.11. The van der Waals surface area contributed by atoms with Gasteiger partial charge in [0, 0.05) is 12.8 Å². The number of nitriles is 1. The van der Waals surface area contributed by atoms with Gasteiger partial charge >= 0.3 is 0 Å². The van der Waals surface area contributed by atoms with Crippen molar-refractivity contribution >= 4 is 40.1 Å². The number of halogens is 2. The summed E-state index contributed by atoms with van der Waals surface area (Å²) in [5.74, 6) is 0.721. The fourth-order valence-electron chi connectivity index (χ4n) is 0.640. The van der Waals surface area contributed by atoms with Crippen LogP contribution in [0.15, 0.2) is 27.2 Å². The van der Waals surface area contributed by atoms with Gasteiger partial charge in [-0.2, -0.15) is 5.26 Å². The van der Waals surface area contributed by atoms with E-state index in [-0.39, 0.29) is 4.49 Å². The molecule has 0 heterocycles. The van der Waals surface area contributed by atoms with Crippen molar-refractivity contribution in [3.05, 3.63) is 22.2 Å². The molecule has 0 aromatic heterocycles. The molecule has 3 nitrogen and oxygen atoms in total. The van der Waals surface area contributed by atoms with E-state index in [4.69, 9.17) is 28.5 Å². The first-order valence-electron chi connectivity index (χ1n) is 4.03. The van der Waals surface area contributed by atoms with Crippen molar-refractivity contribution in [3.63, 3.8) is 0 Å². The van der Waals surface area contributed by atoms with Crippen LogP contribution >= 0.6 is 35.0 Å². The zero-order valence-electron chi connectivity index (χ0n) is 8.42. The van der Waals surface area contributed by atoms with E-state index < -0.39 is 0 Å². The van der Waals surface area contributed by atoms with Gasteiger partial charge in [0.05, 0.1) is 0 Å². The quantitative estimate of drug-likeness (QED) is 0.280. The molecule has 0 radical (unpaired) electrons. The van der Waals surface area contributed by atoms with Gasteiger partial charge in [0.15, 0.2) is 11.4 Å². The molecule has 0 saturated heterocycles. The van der Waals surface area contributed by atoms with Crippen molar-refractivity contribution in [1.82, 2.24) is 5.32 Å². The Bertz CT molecular complexity index is 325. The summed E-state index contributed by atoms with van der Waals surface area (Å²) in [6.07, 6.45) is 5.25. The van der Waals surface area contributed by atoms with Gasteiger partial charge in [-0.3, -0.25) is 10.3 Å². The van der Waals surface area contributed by atoms with Gasteiger partial charge in [0.25, 0.3) is 0 Å². The summed E-state index contributed by atoms with van der Waals surface area (Å²) in [4.78, 5) is 3.90. The van der Waals surface area contributed by atoms with Crippen molar-refractivity contribution < 1.29 is 0 Å². The molecule has 0 amide bonds. The van der Waals surface area contributed by atoms with Crippen LogP contribution in [-0.4, -0.2) is 18.0 Å². The van der Waals surface area contributed by atoms with Crippen LogP contribution in [0.2, 0.25) is 0 Å². The molecule has 0 aliphatic carbocycles. The smallest absolute Gasteiger partial charge is 0.183 e. The number of aliphatic imine (C=N–C) groups is 1. The van der Waals surface area contributed by atoms with Crippen LogP contribution in [0, 0.1) is 11.5 Å². The number of nitrogens with one attached hydrogen (secondary N) is 1. The highest BCUT2D eigenvalue weighted by molar-refractivity contribution is 8.14. The van der Waals surface area contributed by atoms with Gasteiger partial charge in [-0.1, -0.05) is 46.6 Å². The van der Waals surface area contributed by atoms with E-state index in [0.29, 0.717) is 5.17 Å². The topological polar surface area (TPSA) is 48.2 Å². The highest BCUT2D eigenvalue weighted by atomic mass is 35.5. The van der Waals surface area contributed by atoms with Crippen molar-refractivity contribution in [2.24, 2.45) is 4.99 Å². The number of allylic oxidation sites excluding steroid dienone is 2. The Morgan fingerprint density at radius 2 is 2.20 bits per heavy atom. The lowest BCUT2D eigenvalue weighted by Crippen LogP contribution is -2.14. The maximum Gasteiger partial charge on any atom is 0.183 e. The van der Waals surface area contributed by atoms with E-state index in [0.717, 1.165) is 11.3 Å². The van der Waals surface area contributed by atoms with Gasteiger partial charge in [0.2, 0.25) is 0 Å². The molecule has 82 valence electrons. The van der Waals surface area contributed by atoms with Gasteiger partial charge in [0.1, 0.15) is 4.49 Å². The van der Waals surface area contributed by atoms with Gasteiger partial charge in [-0.15, -0.1) is 0 Å². The van der Waals surface area contributed by atoms with Crippen molar-refractivity contribution in [2.45, 2.75) is 6.92 Å². The molecule has 0 saturated carbocycles. The van der Waals surface area contributed by atoms with Crippen LogP contribution < -0.4 is 5.32 Å². The molecule has 0 rings (SSSR count). The molecule has 0 fully saturated rings. The predicted octanol–water partition coefficient (Wildman–Crippen LogP) is 3.04. The molecule has 15 heavy (non-hydrogen) atoms. The van der Waals surface area contributed by atoms with Gasteiger partial charge in [-0.25, -0.2) is 0 Å². The monoisotopic (exact) mass is 263 g/mol. The molecule has 0 atom stereocenters. The maximum absolute atomic E-state index is 8.39. The second kappa shape index (κ2) is 8.66. The fourth-order valence-corrected chi connectivity index (χ4v) is 1.47. The first-order chi connectivity index (χ1) is 7.10. The zero-order chi connectivity index (χ0) is 11.7. The minimum absolute atomic E-state index is 0.221. The van der Waals surface area contributed by atoms with E-state index in [2.05, 4.69) is 10.3 Å². The fraction of sp³-hybridized carbons (Fsp3) is 0.333. The molecule has 0 aliphatic rings. The first-order valence-corrected chi connectivity index (χ1v) is 5.77. The maximum atomic E-state index is 8.39. The van der Waals surface area contributed by atoms with Gasteiger partial charge in [-0.05, 0) is 13.0 Å². The van der Waals surface area contributed by atoms with Crippen LogP contribution in [0.1, 0.15) is 6.92 Å². The lowest BCUT2D eigenvalue weighted by molar-refractivity contribution is 1.26. The third-order valence-electron chi connectivity index (χ3n) is 1.30. The van der Waals surface area contributed by atoms with Crippen LogP contribution in [-0.2, 0) is 0 Å². The lowest BCUT2D eigenvalue weighted by Gasteiger charge is -2.01. The molecule has 1 N–H and O–H groups in total. The molecule has 0 spiro atoms. The van der Waals surface area contributed by atoms with Crippen LogP contribution in [0.5, 0.6) is 0 Å². The van der Waals surface area contributed by atoms with Crippen LogP contribution in [0.4, 0.5) is 0 Å². The summed E-state index contributed by atoms with van der Waals surface area (Å²) in [5.41, 5.74) is 1.08. The first kappa shape index (κ1) is 14.4. The Morgan fingerprint density at radius 1 is 1.53 bits per heavy atom. The van der Waals surface area contributed by atoms with E-state index >= 15 is 0 Å². The number of rotatable bonds is 3. The number of nitrogens with zero attached hydrogens (tertiary/aromatic N) is 2. The van der Waals surface area contributed by atoms with E-state index in [1.165, 1.54) is 11.8 Å². The van der Waals surface area contributed by atoms with Crippen LogP contribution in [0.3, 0.4) is 0 Å². The Balaban J connectivity index is 4.11. The molecule has 6 heteroatoms. The third-order valence-corrected chi connectivity index (χ3v) is 2.71. The minimum Gasteiger partial charge on any atom is -0.272 e.